The minimum absolute atomic E-state index is 0.0478. The van der Waals surface area contributed by atoms with Gasteiger partial charge in [-0.3, -0.25) is 0 Å². The lowest BCUT2D eigenvalue weighted by Gasteiger charge is -2.45. The average molecular weight is 1600 g/mol. The Morgan fingerprint density at radius 3 is 0.618 bits per heavy atom. The minimum atomic E-state index is -4.12. The quantitative estimate of drug-likeness (QED) is 0.135. The highest BCUT2D eigenvalue weighted by Crippen LogP contribution is 2.51. The van der Waals surface area contributed by atoms with Crippen molar-refractivity contribution in [1.29, 1.82) is 0 Å². The van der Waals surface area contributed by atoms with Crippen molar-refractivity contribution >= 4 is 0 Å². The summed E-state index contributed by atoms with van der Waals surface area (Å²) in [5, 5.41) is 0. The van der Waals surface area contributed by atoms with Crippen LogP contribution in [0.5, 0.6) is 0 Å². The highest BCUT2D eigenvalue weighted by molar-refractivity contribution is 4.95. The number of rotatable bonds is 16. The van der Waals surface area contributed by atoms with Crippen LogP contribution < -0.4 is 0 Å². The third-order valence-corrected chi connectivity index (χ3v) is 25.0. The topological polar surface area (TPSA) is 0 Å². The van der Waals surface area contributed by atoms with E-state index in [4.69, 9.17) is 0 Å². The molecule has 0 bridgehead atoms. The lowest BCUT2D eigenvalue weighted by atomic mass is 9.63. The van der Waals surface area contributed by atoms with Gasteiger partial charge < -0.3 is 0 Å². The van der Waals surface area contributed by atoms with E-state index in [-0.39, 0.29) is 42.4 Å². The van der Waals surface area contributed by atoms with Crippen LogP contribution in [0, 0.1) is 119 Å². The molecule has 0 saturated heterocycles. The Kier molecular flexibility index (Phi) is 63.9. The highest BCUT2D eigenvalue weighted by Gasteiger charge is 2.54. The number of alkyl halides is 10. The summed E-state index contributed by atoms with van der Waals surface area (Å²) in [5.74, 6) is 3.31. The van der Waals surface area contributed by atoms with Gasteiger partial charge in [0.1, 0.15) is 22.7 Å². The summed E-state index contributed by atoms with van der Waals surface area (Å²) in [6, 6.07) is 0. The summed E-state index contributed by atoms with van der Waals surface area (Å²) >= 11 is 0. The standard InChI is InChI=1S/C16H33F.C11H21F3.C10H22.C9H17F.C9H20.C7H13F3.C7H13F.2C7H16.C6H11F.C6H14.C5H12/c1-10(2)14(11(3)4)16(9,17)15(12(5)6)13(7)8;1-7(2)9(8(3)4)10(5,6)11(12,13)14;1-7-10(6,8-2)9(3,4)5;1-8(2)4-6-9(3,10)7-5-8;1-6-8(7-2)9(3,4)5;1-4-6(3,5-2)7(8,9)10;1-7(8)5-3-2-4-6-7;1-6(2)7(3,4)5;1-5-6-7(2,3)4;1-6(7)4-2-3-5-6;1-5-6(2,3)4;1-5(2,3)4/h10-15H,1-9H3;7-9H,1-6H3;7-8H2,1-6H3;4-7H2,1-3H3;8H,6-7H2,1-5H3;4-5H2,1-3H3;2-6H2,1H3;6H,1-5H3;5-6H2,1-4H3;2-5H2,1H3;5H2,1-4H3;1-4H3. The van der Waals surface area contributed by atoms with Gasteiger partial charge in [0.2, 0.25) is 0 Å². The molecule has 0 aromatic rings. The van der Waals surface area contributed by atoms with Gasteiger partial charge in [0.25, 0.3) is 0 Å². The highest BCUT2D eigenvalue weighted by atomic mass is 19.4. The lowest BCUT2D eigenvalue weighted by Crippen LogP contribution is -2.47. The maximum Gasteiger partial charge on any atom is 0.394 e. The molecule has 3 aliphatic rings. The van der Waals surface area contributed by atoms with Crippen LogP contribution in [-0.4, -0.2) is 35.0 Å². The zero-order valence-corrected chi connectivity index (χ0v) is 84.7. The SMILES string of the molecule is CC(C)(C)C.CC(C)C(C(C)C)C(C)(C)C(F)(F)F.CC(C)C(C(C)C)C(C)(F)C(C(C)C)C(C)C.CC(C)C(C)(C)C.CC1(C)CCC(C)(F)CC1.CC1(F)CCCC1.CC1(F)CCCCC1.CCC(C)(C)C.CCC(C)(CC)C(C)(C)C.CCC(C)(CC)C(F)(F)F.CCC(CC)C(C)(C)C.CCCC(C)(C)C. The van der Waals surface area contributed by atoms with Gasteiger partial charge in [-0.25, -0.2) is 17.6 Å². The first kappa shape index (κ1) is 127. The van der Waals surface area contributed by atoms with E-state index in [1.807, 2.05) is 34.6 Å². The zero-order chi connectivity index (χ0) is 90.9. The molecule has 0 aromatic carbocycles. The van der Waals surface area contributed by atoms with Crippen molar-refractivity contribution in [2.75, 3.05) is 0 Å². The Labute approximate surface area is 689 Å². The smallest absolute Gasteiger partial charge is 0.244 e. The van der Waals surface area contributed by atoms with Crippen LogP contribution in [0.25, 0.3) is 0 Å². The molecule has 0 atom stereocenters. The average Bonchev–Trinajstić information content (AvgIpc) is 0.803. The second kappa shape index (κ2) is 55.2. The van der Waals surface area contributed by atoms with E-state index < -0.39 is 45.9 Å². The third-order valence-electron chi connectivity index (χ3n) is 25.0. The normalized spacial score (nSPS) is 16.9. The Morgan fingerprint density at radius 1 is 0.300 bits per heavy atom. The van der Waals surface area contributed by atoms with Crippen LogP contribution >= 0.6 is 0 Å². The van der Waals surface area contributed by atoms with Crippen molar-refractivity contribution in [3.05, 3.63) is 0 Å². The first-order valence-corrected chi connectivity index (χ1v) is 45.1. The number of hydrogen-bond acceptors (Lipinski definition) is 0. The molecule has 0 spiro atoms. The second-order valence-corrected chi connectivity index (χ2v) is 46.5. The molecular formula is C100H208F10. The zero-order valence-electron chi connectivity index (χ0n) is 84.7. The predicted octanol–water partition coefficient (Wildman–Crippen LogP) is 39.1. The Bertz CT molecular complexity index is 1980. The van der Waals surface area contributed by atoms with E-state index in [0.29, 0.717) is 67.0 Å². The van der Waals surface area contributed by atoms with Crippen molar-refractivity contribution in [3.63, 3.8) is 0 Å². The van der Waals surface area contributed by atoms with Crippen LogP contribution in [0.1, 0.15) is 494 Å². The van der Waals surface area contributed by atoms with Crippen LogP contribution in [0.15, 0.2) is 0 Å². The molecule has 110 heavy (non-hydrogen) atoms. The van der Waals surface area contributed by atoms with E-state index in [1.165, 1.54) is 72.1 Å². The predicted molar refractivity (Wildman–Crippen MR) is 481 cm³/mol. The van der Waals surface area contributed by atoms with Crippen molar-refractivity contribution in [2.24, 2.45) is 119 Å². The molecular weight excluding hydrogens is 1390 g/mol. The maximum absolute atomic E-state index is 15.4. The van der Waals surface area contributed by atoms with Gasteiger partial charge in [0.05, 0.1) is 10.8 Å². The first-order valence-electron chi connectivity index (χ1n) is 45.1. The largest absolute Gasteiger partial charge is 0.394 e. The number of halogens is 10. The molecule has 3 aliphatic carbocycles. The van der Waals surface area contributed by atoms with Crippen LogP contribution in [0.4, 0.5) is 43.9 Å². The fourth-order valence-corrected chi connectivity index (χ4v) is 15.1. The van der Waals surface area contributed by atoms with E-state index in [2.05, 4.69) is 263 Å². The second-order valence-electron chi connectivity index (χ2n) is 46.5. The minimum Gasteiger partial charge on any atom is -0.244 e. The monoisotopic (exact) mass is 1600 g/mol. The fraction of sp³-hybridized carbons (Fsp3) is 1.00. The van der Waals surface area contributed by atoms with E-state index in [9.17, 15) is 39.5 Å². The van der Waals surface area contributed by atoms with Gasteiger partial charge in [0.15, 0.2) is 0 Å². The molecule has 3 rings (SSSR count). The molecule has 0 aliphatic heterocycles. The summed E-state index contributed by atoms with van der Waals surface area (Å²) in [7, 11) is 0. The molecule has 0 heterocycles. The lowest BCUT2D eigenvalue weighted by molar-refractivity contribution is -0.239. The van der Waals surface area contributed by atoms with Crippen LogP contribution in [0.3, 0.4) is 0 Å². The summed E-state index contributed by atoms with van der Waals surface area (Å²) in [4.78, 5) is 0. The first-order chi connectivity index (χ1) is 48.2. The molecule has 0 amide bonds. The van der Waals surface area contributed by atoms with Gasteiger partial charge in [-0.15, -0.1) is 0 Å². The van der Waals surface area contributed by atoms with Gasteiger partial charge in [0, 0.05) is 0 Å². The van der Waals surface area contributed by atoms with Gasteiger partial charge in [-0.1, -0.05) is 396 Å². The summed E-state index contributed by atoms with van der Waals surface area (Å²) < 4.78 is 129. The third kappa shape index (κ3) is 65.3. The molecule has 0 unspecified atom stereocenters. The summed E-state index contributed by atoms with van der Waals surface area (Å²) in [6.45, 7) is 107. The molecule has 3 saturated carbocycles. The molecule has 678 valence electrons. The molecule has 10 heteroatoms. The van der Waals surface area contributed by atoms with Crippen molar-refractivity contribution in [3.8, 4) is 0 Å². The van der Waals surface area contributed by atoms with Gasteiger partial charge in [-0.2, -0.15) is 26.3 Å². The number of hydrogen-bond donors (Lipinski definition) is 0. The Morgan fingerprint density at radius 2 is 0.536 bits per heavy atom. The van der Waals surface area contributed by atoms with E-state index >= 15 is 4.39 Å². The molecule has 0 nitrogen and oxygen atoms in total. The van der Waals surface area contributed by atoms with Crippen LogP contribution in [-0.2, 0) is 0 Å². The van der Waals surface area contributed by atoms with Crippen molar-refractivity contribution < 1.29 is 43.9 Å². The van der Waals surface area contributed by atoms with Gasteiger partial charge in [-0.05, 0) is 207 Å². The summed E-state index contributed by atoms with van der Waals surface area (Å²) in [6.07, 6.45) is 13.6. The Balaban J connectivity index is -0.000000147. The molecule has 0 radical (unpaired) electrons. The maximum atomic E-state index is 15.4. The molecule has 0 N–H and O–H groups in total. The van der Waals surface area contributed by atoms with Crippen molar-refractivity contribution in [1.82, 2.24) is 0 Å². The summed E-state index contributed by atoms with van der Waals surface area (Å²) in [5.41, 5.74) is -2.67. The van der Waals surface area contributed by atoms with Crippen LogP contribution in [0.2, 0.25) is 0 Å². The van der Waals surface area contributed by atoms with Crippen molar-refractivity contribution in [2.45, 2.75) is 529 Å². The Hall–Kier alpha value is -0.700. The molecule has 0 aromatic heterocycles. The van der Waals surface area contributed by atoms with E-state index in [0.717, 1.165) is 88.9 Å². The fourth-order valence-electron chi connectivity index (χ4n) is 15.1. The van der Waals surface area contributed by atoms with E-state index in [1.54, 1.807) is 34.6 Å². The molecule has 3 fully saturated rings. The van der Waals surface area contributed by atoms with Gasteiger partial charge >= 0.3 is 12.4 Å².